The van der Waals surface area contributed by atoms with E-state index >= 15 is 0 Å². The molecule has 1 aliphatic rings. The number of benzene rings is 1. The molecule has 0 aromatic heterocycles. The van der Waals surface area contributed by atoms with Gasteiger partial charge in [-0.05, 0) is 43.4 Å². The molecule has 1 aliphatic carbocycles. The minimum Gasteiger partial charge on any atom is -0.369 e. The molecule has 0 aliphatic heterocycles. The number of amides is 1. The Balaban J connectivity index is 2.07. The molecule has 0 saturated heterocycles. The van der Waals surface area contributed by atoms with Crippen LogP contribution in [0.1, 0.15) is 30.9 Å². The second-order valence-corrected chi connectivity index (χ2v) is 5.10. The van der Waals surface area contributed by atoms with Crippen molar-refractivity contribution in [3.8, 4) is 0 Å². The van der Waals surface area contributed by atoms with Gasteiger partial charge in [-0.2, -0.15) is 0 Å². The molecule has 1 amide bonds. The van der Waals surface area contributed by atoms with Crippen molar-refractivity contribution in [2.45, 2.75) is 38.6 Å². The zero-order chi connectivity index (χ0) is 13.0. The first-order chi connectivity index (χ1) is 8.70. The van der Waals surface area contributed by atoms with Gasteiger partial charge in [-0.1, -0.05) is 31.2 Å². The van der Waals surface area contributed by atoms with Gasteiger partial charge >= 0.3 is 0 Å². The normalized spacial score (nSPS) is 18.7. The Hall–Kier alpha value is -1.35. The van der Waals surface area contributed by atoms with Gasteiger partial charge in [0, 0.05) is 6.04 Å². The predicted molar refractivity (Wildman–Crippen MR) is 73.3 cm³/mol. The van der Waals surface area contributed by atoms with Gasteiger partial charge in [0.25, 0.3) is 0 Å². The Bertz CT molecular complexity index is 417. The van der Waals surface area contributed by atoms with Crippen molar-refractivity contribution >= 4 is 5.91 Å². The molecule has 2 N–H and O–H groups in total. The van der Waals surface area contributed by atoms with Gasteiger partial charge in [0.1, 0.15) is 0 Å². The van der Waals surface area contributed by atoms with Crippen molar-refractivity contribution in [1.29, 1.82) is 0 Å². The number of carbonyl (C=O) groups is 1. The fourth-order valence-electron chi connectivity index (χ4n) is 2.87. The molecule has 0 heterocycles. The van der Waals surface area contributed by atoms with Crippen LogP contribution in [0.15, 0.2) is 24.3 Å². The van der Waals surface area contributed by atoms with Crippen LogP contribution in [0.4, 0.5) is 0 Å². The SMILES string of the molecule is CCCN(CC(N)=O)[C@H]1CCc2ccccc2C1. The molecule has 0 radical (unpaired) electrons. The van der Waals surface area contributed by atoms with Gasteiger partial charge in [0.05, 0.1) is 6.54 Å². The van der Waals surface area contributed by atoms with Crippen molar-refractivity contribution in [1.82, 2.24) is 4.90 Å². The van der Waals surface area contributed by atoms with E-state index in [-0.39, 0.29) is 5.91 Å². The van der Waals surface area contributed by atoms with E-state index < -0.39 is 0 Å². The summed E-state index contributed by atoms with van der Waals surface area (Å²) in [6.07, 6.45) is 4.35. The molecule has 0 unspecified atom stereocenters. The van der Waals surface area contributed by atoms with Gasteiger partial charge in [0.2, 0.25) is 5.91 Å². The number of aryl methyl sites for hydroxylation is 1. The highest BCUT2D eigenvalue weighted by atomic mass is 16.1. The van der Waals surface area contributed by atoms with Crippen LogP contribution >= 0.6 is 0 Å². The minimum absolute atomic E-state index is 0.220. The summed E-state index contributed by atoms with van der Waals surface area (Å²) in [6, 6.07) is 9.08. The lowest BCUT2D eigenvalue weighted by atomic mass is 9.87. The maximum atomic E-state index is 11.2. The third-order valence-electron chi connectivity index (χ3n) is 3.71. The largest absolute Gasteiger partial charge is 0.369 e. The van der Waals surface area contributed by atoms with E-state index in [0.717, 1.165) is 32.2 Å². The standard InChI is InChI=1S/C15H22N2O/c1-2-9-17(11-15(16)18)14-8-7-12-5-3-4-6-13(12)10-14/h3-6,14H,2,7-11H2,1H3,(H2,16,18)/t14-/m0/s1. The lowest BCUT2D eigenvalue weighted by Gasteiger charge is -2.34. The van der Waals surface area contributed by atoms with E-state index in [4.69, 9.17) is 5.73 Å². The van der Waals surface area contributed by atoms with Crippen molar-refractivity contribution in [2.75, 3.05) is 13.1 Å². The van der Waals surface area contributed by atoms with E-state index in [1.165, 1.54) is 11.1 Å². The van der Waals surface area contributed by atoms with E-state index in [0.29, 0.717) is 12.6 Å². The molecule has 0 saturated carbocycles. The van der Waals surface area contributed by atoms with Crippen molar-refractivity contribution in [2.24, 2.45) is 5.73 Å². The number of nitrogens with two attached hydrogens (primary N) is 1. The Kier molecular flexibility index (Phi) is 4.37. The summed E-state index contributed by atoms with van der Waals surface area (Å²) in [7, 11) is 0. The summed E-state index contributed by atoms with van der Waals surface area (Å²) in [5.41, 5.74) is 8.24. The fraction of sp³-hybridized carbons (Fsp3) is 0.533. The molecular weight excluding hydrogens is 224 g/mol. The number of primary amides is 1. The van der Waals surface area contributed by atoms with Crippen LogP contribution in [-0.4, -0.2) is 29.9 Å². The number of carbonyl (C=O) groups excluding carboxylic acids is 1. The molecular formula is C15H22N2O. The maximum absolute atomic E-state index is 11.2. The first-order valence-corrected chi connectivity index (χ1v) is 6.80. The lowest BCUT2D eigenvalue weighted by Crippen LogP contribution is -2.44. The van der Waals surface area contributed by atoms with Gasteiger partial charge in [-0.3, -0.25) is 9.69 Å². The second-order valence-electron chi connectivity index (χ2n) is 5.10. The first-order valence-electron chi connectivity index (χ1n) is 6.80. The average Bonchev–Trinajstić information content (AvgIpc) is 2.37. The number of rotatable bonds is 5. The molecule has 2 rings (SSSR count). The molecule has 0 bridgehead atoms. The molecule has 1 aromatic carbocycles. The number of nitrogens with zero attached hydrogens (tertiary/aromatic N) is 1. The highest BCUT2D eigenvalue weighted by Crippen LogP contribution is 2.24. The molecule has 0 fully saturated rings. The molecule has 3 heteroatoms. The van der Waals surface area contributed by atoms with Gasteiger partial charge < -0.3 is 5.73 Å². The molecule has 18 heavy (non-hydrogen) atoms. The summed E-state index contributed by atoms with van der Waals surface area (Å²) in [6.45, 7) is 3.49. The molecule has 98 valence electrons. The maximum Gasteiger partial charge on any atom is 0.231 e. The van der Waals surface area contributed by atoms with E-state index in [2.05, 4.69) is 36.1 Å². The van der Waals surface area contributed by atoms with Crippen molar-refractivity contribution < 1.29 is 4.79 Å². The number of hydrogen-bond donors (Lipinski definition) is 1. The number of hydrogen-bond acceptors (Lipinski definition) is 2. The van der Waals surface area contributed by atoms with Gasteiger partial charge in [0.15, 0.2) is 0 Å². The van der Waals surface area contributed by atoms with Crippen LogP contribution in [0, 0.1) is 0 Å². The monoisotopic (exact) mass is 246 g/mol. The predicted octanol–water partition coefficient (Wildman–Crippen LogP) is 1.74. The number of fused-ring (bicyclic) bond motifs is 1. The van der Waals surface area contributed by atoms with Gasteiger partial charge in [-0.15, -0.1) is 0 Å². The second kappa shape index (κ2) is 6.01. The quantitative estimate of drug-likeness (QED) is 0.860. The van der Waals surface area contributed by atoms with Crippen LogP contribution in [0.25, 0.3) is 0 Å². The zero-order valence-electron chi connectivity index (χ0n) is 11.1. The molecule has 3 nitrogen and oxygen atoms in total. The van der Waals surface area contributed by atoms with Crippen molar-refractivity contribution in [3.05, 3.63) is 35.4 Å². The average molecular weight is 246 g/mol. The highest BCUT2D eigenvalue weighted by Gasteiger charge is 2.24. The van der Waals surface area contributed by atoms with Crippen molar-refractivity contribution in [3.63, 3.8) is 0 Å². The van der Waals surface area contributed by atoms with Crippen LogP contribution in [0.5, 0.6) is 0 Å². The summed E-state index contributed by atoms with van der Waals surface area (Å²) in [5.74, 6) is -0.220. The summed E-state index contributed by atoms with van der Waals surface area (Å²) >= 11 is 0. The van der Waals surface area contributed by atoms with Crippen LogP contribution < -0.4 is 5.73 Å². The van der Waals surface area contributed by atoms with Crippen LogP contribution in [0.3, 0.4) is 0 Å². The van der Waals surface area contributed by atoms with E-state index in [1.54, 1.807) is 0 Å². The van der Waals surface area contributed by atoms with Gasteiger partial charge in [-0.25, -0.2) is 0 Å². The van der Waals surface area contributed by atoms with E-state index in [1.807, 2.05) is 0 Å². The zero-order valence-corrected chi connectivity index (χ0v) is 11.1. The Morgan fingerprint density at radius 2 is 2.11 bits per heavy atom. The first kappa shape index (κ1) is 13.1. The summed E-state index contributed by atoms with van der Waals surface area (Å²) in [4.78, 5) is 13.4. The molecule has 1 aromatic rings. The Labute approximate surface area is 109 Å². The summed E-state index contributed by atoms with van der Waals surface area (Å²) in [5, 5.41) is 0. The Morgan fingerprint density at radius 3 is 2.78 bits per heavy atom. The van der Waals surface area contributed by atoms with E-state index in [9.17, 15) is 4.79 Å². The summed E-state index contributed by atoms with van der Waals surface area (Å²) < 4.78 is 0. The van der Waals surface area contributed by atoms with Crippen LogP contribution in [-0.2, 0) is 17.6 Å². The highest BCUT2D eigenvalue weighted by molar-refractivity contribution is 5.76. The minimum atomic E-state index is -0.220. The third kappa shape index (κ3) is 3.10. The van der Waals surface area contributed by atoms with Crippen LogP contribution in [0.2, 0.25) is 0 Å². The third-order valence-corrected chi connectivity index (χ3v) is 3.71. The Morgan fingerprint density at radius 1 is 1.39 bits per heavy atom. The smallest absolute Gasteiger partial charge is 0.231 e. The topological polar surface area (TPSA) is 46.3 Å². The lowest BCUT2D eigenvalue weighted by molar-refractivity contribution is -0.119. The molecule has 0 spiro atoms. The fourth-order valence-corrected chi connectivity index (χ4v) is 2.87. The molecule has 1 atom stereocenters.